The Labute approximate surface area is 161 Å². The second-order valence-electron chi connectivity index (χ2n) is 7.74. The fraction of sp³-hybridized carbons (Fsp3) is 0.455. The smallest absolute Gasteiger partial charge is 0.230 e. The number of hydrogen-bond acceptors (Lipinski definition) is 4. The number of aromatic nitrogens is 1. The molecule has 5 nitrogen and oxygen atoms in total. The van der Waals surface area contributed by atoms with Gasteiger partial charge in [-0.2, -0.15) is 0 Å². The van der Waals surface area contributed by atoms with E-state index in [9.17, 15) is 4.79 Å². The molecule has 0 radical (unpaired) electrons. The average Bonchev–Trinajstić information content (AvgIpc) is 3.10. The van der Waals surface area contributed by atoms with E-state index in [-0.39, 0.29) is 5.41 Å². The number of nitrogens with zero attached hydrogens (tertiary/aromatic N) is 3. The average molecular weight is 365 g/mol. The third-order valence-electron chi connectivity index (χ3n) is 5.88. The largest absolute Gasteiger partial charge is 0.497 e. The first-order valence-corrected chi connectivity index (χ1v) is 9.73. The number of hydrogen-bond donors (Lipinski definition) is 0. The van der Waals surface area contributed by atoms with Crippen LogP contribution in [0.3, 0.4) is 0 Å². The van der Waals surface area contributed by atoms with Gasteiger partial charge in [0.2, 0.25) is 5.91 Å². The van der Waals surface area contributed by atoms with Crippen LogP contribution in [-0.4, -0.2) is 47.4 Å². The molecule has 2 aliphatic heterocycles. The number of benzene rings is 1. The van der Waals surface area contributed by atoms with E-state index in [1.54, 1.807) is 7.11 Å². The summed E-state index contributed by atoms with van der Waals surface area (Å²) in [6.07, 6.45) is 4.86. The lowest BCUT2D eigenvalue weighted by molar-refractivity contribution is -0.146. The third-order valence-corrected chi connectivity index (χ3v) is 5.88. The van der Waals surface area contributed by atoms with Crippen LogP contribution in [0.15, 0.2) is 48.7 Å². The monoisotopic (exact) mass is 365 g/mol. The summed E-state index contributed by atoms with van der Waals surface area (Å²) in [5.41, 5.74) is 1.99. The van der Waals surface area contributed by atoms with Crippen molar-refractivity contribution in [2.45, 2.75) is 32.4 Å². The van der Waals surface area contributed by atoms with E-state index >= 15 is 0 Å². The maximum atomic E-state index is 13.4. The zero-order valence-corrected chi connectivity index (χ0v) is 15.9. The molecule has 0 N–H and O–H groups in total. The molecular weight excluding hydrogens is 338 g/mol. The van der Waals surface area contributed by atoms with Gasteiger partial charge < -0.3 is 9.64 Å². The van der Waals surface area contributed by atoms with Gasteiger partial charge in [0.15, 0.2) is 0 Å². The number of carbonyl (C=O) groups is 1. The lowest BCUT2D eigenvalue weighted by Gasteiger charge is -2.39. The first-order chi connectivity index (χ1) is 13.2. The molecule has 2 saturated heterocycles. The highest BCUT2D eigenvalue weighted by Gasteiger charge is 2.48. The summed E-state index contributed by atoms with van der Waals surface area (Å²) in [6, 6.07) is 14.0. The molecule has 4 rings (SSSR count). The molecule has 2 fully saturated rings. The van der Waals surface area contributed by atoms with Gasteiger partial charge in [-0.1, -0.05) is 18.2 Å². The molecule has 1 atom stereocenters. The number of methoxy groups -OCH3 is 1. The number of piperidine rings is 1. The van der Waals surface area contributed by atoms with Crippen molar-refractivity contribution in [1.29, 1.82) is 0 Å². The van der Waals surface area contributed by atoms with Crippen LogP contribution < -0.4 is 4.74 Å². The number of rotatable bonds is 5. The van der Waals surface area contributed by atoms with E-state index in [1.807, 2.05) is 41.4 Å². The second kappa shape index (κ2) is 7.69. The van der Waals surface area contributed by atoms with Crippen LogP contribution in [-0.2, 0) is 17.9 Å². The third kappa shape index (κ3) is 3.83. The van der Waals surface area contributed by atoms with Crippen molar-refractivity contribution in [3.63, 3.8) is 0 Å². The van der Waals surface area contributed by atoms with Crippen LogP contribution in [0.2, 0.25) is 0 Å². The second-order valence-corrected chi connectivity index (χ2v) is 7.74. The summed E-state index contributed by atoms with van der Waals surface area (Å²) >= 11 is 0. The maximum Gasteiger partial charge on any atom is 0.230 e. The van der Waals surface area contributed by atoms with Crippen LogP contribution >= 0.6 is 0 Å². The van der Waals surface area contributed by atoms with Crippen LogP contribution in [0.25, 0.3) is 0 Å². The minimum Gasteiger partial charge on any atom is -0.497 e. The Morgan fingerprint density at radius 2 is 2.04 bits per heavy atom. The van der Waals surface area contributed by atoms with E-state index in [2.05, 4.69) is 22.0 Å². The Bertz CT molecular complexity index is 795. The first kappa shape index (κ1) is 18.0. The van der Waals surface area contributed by atoms with Crippen LogP contribution in [0.1, 0.15) is 30.5 Å². The lowest BCUT2D eigenvalue weighted by Crippen LogP contribution is -2.49. The van der Waals surface area contributed by atoms with Crippen molar-refractivity contribution >= 4 is 5.91 Å². The predicted molar refractivity (Wildman–Crippen MR) is 104 cm³/mol. The van der Waals surface area contributed by atoms with Gasteiger partial charge in [0.25, 0.3) is 0 Å². The number of amides is 1. The highest BCUT2D eigenvalue weighted by atomic mass is 16.5. The van der Waals surface area contributed by atoms with Crippen molar-refractivity contribution in [3.05, 3.63) is 59.9 Å². The zero-order valence-electron chi connectivity index (χ0n) is 15.9. The molecule has 1 unspecified atom stereocenters. The number of pyridine rings is 1. The Hall–Kier alpha value is -2.40. The minimum absolute atomic E-state index is 0.216. The zero-order chi connectivity index (χ0) is 18.7. The van der Waals surface area contributed by atoms with Gasteiger partial charge in [0.1, 0.15) is 5.75 Å². The lowest BCUT2D eigenvalue weighted by atomic mass is 9.78. The molecular formula is C22H27N3O2. The number of likely N-dealkylation sites (tertiary alicyclic amines) is 2. The molecule has 5 heteroatoms. The van der Waals surface area contributed by atoms with Crippen molar-refractivity contribution in [2.24, 2.45) is 5.41 Å². The topological polar surface area (TPSA) is 45.7 Å². The Balaban J connectivity index is 1.43. The molecule has 27 heavy (non-hydrogen) atoms. The SMILES string of the molecule is COc1cccc(CN2CCCC3(CCN(Cc4ccccn4)C3)C2=O)c1. The molecule has 1 aromatic carbocycles. The predicted octanol–water partition coefficient (Wildman–Crippen LogP) is 3.10. The minimum atomic E-state index is -0.216. The highest BCUT2D eigenvalue weighted by Crippen LogP contribution is 2.40. The van der Waals surface area contributed by atoms with E-state index < -0.39 is 0 Å². The summed E-state index contributed by atoms with van der Waals surface area (Å²) in [5, 5.41) is 0. The van der Waals surface area contributed by atoms with Gasteiger partial charge in [-0.3, -0.25) is 14.7 Å². The number of carbonyl (C=O) groups excluding carboxylic acids is 1. The summed E-state index contributed by atoms with van der Waals surface area (Å²) in [4.78, 5) is 22.2. The van der Waals surface area contributed by atoms with Gasteiger partial charge in [-0.15, -0.1) is 0 Å². The number of ether oxygens (including phenoxy) is 1. The molecule has 0 aliphatic carbocycles. The van der Waals surface area contributed by atoms with Gasteiger partial charge in [-0.25, -0.2) is 0 Å². The van der Waals surface area contributed by atoms with E-state index in [0.29, 0.717) is 12.5 Å². The fourth-order valence-electron chi connectivity index (χ4n) is 4.49. The standard InChI is InChI=1S/C22H27N3O2/c1-27-20-8-4-6-18(14-20)15-25-12-5-9-22(21(25)26)10-13-24(17-22)16-19-7-2-3-11-23-19/h2-4,6-8,11,14H,5,9-10,12-13,15-17H2,1H3. The molecule has 2 aromatic rings. The quantitative estimate of drug-likeness (QED) is 0.817. The summed E-state index contributed by atoms with van der Waals surface area (Å²) in [7, 11) is 1.68. The van der Waals surface area contributed by atoms with Crippen LogP contribution in [0, 0.1) is 5.41 Å². The Morgan fingerprint density at radius 3 is 2.85 bits per heavy atom. The first-order valence-electron chi connectivity index (χ1n) is 9.73. The molecule has 3 heterocycles. The normalized spacial score (nSPS) is 23.1. The fourth-order valence-corrected chi connectivity index (χ4v) is 4.49. The molecule has 1 aromatic heterocycles. The molecule has 1 spiro atoms. The van der Waals surface area contributed by atoms with Crippen molar-refractivity contribution in [1.82, 2.24) is 14.8 Å². The molecule has 0 saturated carbocycles. The van der Waals surface area contributed by atoms with Crippen molar-refractivity contribution in [3.8, 4) is 5.75 Å². The molecule has 0 bridgehead atoms. The Morgan fingerprint density at radius 1 is 1.11 bits per heavy atom. The van der Waals surface area contributed by atoms with Crippen molar-refractivity contribution in [2.75, 3.05) is 26.7 Å². The van der Waals surface area contributed by atoms with Crippen molar-refractivity contribution < 1.29 is 9.53 Å². The molecule has 142 valence electrons. The highest BCUT2D eigenvalue weighted by molar-refractivity contribution is 5.84. The molecule has 1 amide bonds. The van der Waals surface area contributed by atoms with E-state index in [4.69, 9.17) is 4.74 Å². The summed E-state index contributed by atoms with van der Waals surface area (Å²) < 4.78 is 5.32. The Kier molecular flexibility index (Phi) is 5.12. The molecule has 2 aliphatic rings. The van der Waals surface area contributed by atoms with Gasteiger partial charge >= 0.3 is 0 Å². The van der Waals surface area contributed by atoms with Crippen LogP contribution in [0.5, 0.6) is 5.75 Å². The van der Waals surface area contributed by atoms with Gasteiger partial charge in [0, 0.05) is 32.4 Å². The van der Waals surface area contributed by atoms with Gasteiger partial charge in [0.05, 0.1) is 18.2 Å². The van der Waals surface area contributed by atoms with E-state index in [0.717, 1.165) is 62.4 Å². The van der Waals surface area contributed by atoms with E-state index in [1.165, 1.54) is 0 Å². The summed E-state index contributed by atoms with van der Waals surface area (Å²) in [5.74, 6) is 1.16. The summed E-state index contributed by atoms with van der Waals surface area (Å²) in [6.45, 7) is 4.15. The van der Waals surface area contributed by atoms with Crippen LogP contribution in [0.4, 0.5) is 0 Å². The maximum absolute atomic E-state index is 13.4. The van der Waals surface area contributed by atoms with Gasteiger partial charge in [-0.05, 0) is 55.6 Å².